The molecule has 0 spiro atoms. The van der Waals surface area contributed by atoms with Gasteiger partial charge in [0, 0.05) is 27.7 Å². The standard InChI is InChI=1S/C14H17BrClNO3S/c1-2-10-5-3-4-8-17(10)14(18)12-9-11(21(16,19)20)6-7-13(12)15/h6-7,9-10H,2-5,8H2,1H3. The molecule has 0 N–H and O–H groups in total. The lowest BCUT2D eigenvalue weighted by molar-refractivity contribution is 0.0607. The monoisotopic (exact) mass is 393 g/mol. The average molecular weight is 395 g/mol. The summed E-state index contributed by atoms with van der Waals surface area (Å²) in [5, 5.41) is 0. The molecule has 1 unspecified atom stereocenters. The second-order valence-electron chi connectivity index (χ2n) is 5.14. The van der Waals surface area contributed by atoms with Gasteiger partial charge in [-0.15, -0.1) is 0 Å². The summed E-state index contributed by atoms with van der Waals surface area (Å²) in [6.07, 6.45) is 4.00. The van der Waals surface area contributed by atoms with E-state index >= 15 is 0 Å². The number of benzene rings is 1. The second kappa shape index (κ2) is 6.67. The second-order valence-corrected chi connectivity index (χ2v) is 8.56. The van der Waals surface area contributed by atoms with E-state index in [2.05, 4.69) is 22.9 Å². The molecule has 1 fully saturated rings. The summed E-state index contributed by atoms with van der Waals surface area (Å²) in [5.74, 6) is -0.143. The summed E-state index contributed by atoms with van der Waals surface area (Å²) in [4.78, 5) is 14.5. The van der Waals surface area contributed by atoms with E-state index < -0.39 is 9.05 Å². The zero-order valence-electron chi connectivity index (χ0n) is 11.7. The maximum atomic E-state index is 12.7. The van der Waals surface area contributed by atoms with Crippen molar-refractivity contribution in [2.45, 2.75) is 43.5 Å². The molecule has 0 radical (unpaired) electrons. The number of hydrogen-bond donors (Lipinski definition) is 0. The van der Waals surface area contributed by atoms with Gasteiger partial charge >= 0.3 is 0 Å². The minimum atomic E-state index is -3.84. The van der Waals surface area contributed by atoms with E-state index in [9.17, 15) is 13.2 Å². The highest BCUT2D eigenvalue weighted by atomic mass is 79.9. The molecule has 0 saturated carbocycles. The Morgan fingerprint density at radius 1 is 1.43 bits per heavy atom. The van der Waals surface area contributed by atoms with E-state index in [0.717, 1.165) is 25.7 Å². The summed E-state index contributed by atoms with van der Waals surface area (Å²) < 4.78 is 23.5. The largest absolute Gasteiger partial charge is 0.336 e. The van der Waals surface area contributed by atoms with Gasteiger partial charge in [0.1, 0.15) is 0 Å². The number of nitrogens with zero attached hydrogens (tertiary/aromatic N) is 1. The molecular formula is C14H17BrClNO3S. The molecule has 2 rings (SSSR count). The minimum absolute atomic E-state index is 0.0548. The summed E-state index contributed by atoms with van der Waals surface area (Å²) >= 11 is 3.32. The first-order valence-corrected chi connectivity index (χ1v) is 10.00. The van der Waals surface area contributed by atoms with E-state index in [0.29, 0.717) is 16.6 Å². The van der Waals surface area contributed by atoms with E-state index in [-0.39, 0.29) is 16.8 Å². The molecule has 1 aliphatic heterocycles. The molecule has 1 atom stereocenters. The topological polar surface area (TPSA) is 54.5 Å². The average Bonchev–Trinajstić information content (AvgIpc) is 2.45. The van der Waals surface area contributed by atoms with Gasteiger partial charge in [0.25, 0.3) is 15.0 Å². The van der Waals surface area contributed by atoms with Crippen LogP contribution in [0.4, 0.5) is 0 Å². The van der Waals surface area contributed by atoms with Crippen molar-refractivity contribution >= 4 is 41.6 Å². The van der Waals surface area contributed by atoms with Crippen molar-refractivity contribution in [3.05, 3.63) is 28.2 Å². The Balaban J connectivity index is 2.38. The van der Waals surface area contributed by atoms with Crippen molar-refractivity contribution in [1.29, 1.82) is 0 Å². The highest BCUT2D eigenvalue weighted by Crippen LogP contribution is 2.27. The van der Waals surface area contributed by atoms with E-state index in [1.807, 2.05) is 4.90 Å². The Hall–Kier alpha value is -0.590. The molecule has 1 amide bonds. The van der Waals surface area contributed by atoms with Crippen LogP contribution in [0.3, 0.4) is 0 Å². The first kappa shape index (κ1) is 16.8. The van der Waals surface area contributed by atoms with Gasteiger partial charge < -0.3 is 4.90 Å². The van der Waals surface area contributed by atoms with Gasteiger partial charge in [-0.3, -0.25) is 4.79 Å². The number of amides is 1. The van der Waals surface area contributed by atoms with Crippen LogP contribution in [0.15, 0.2) is 27.6 Å². The van der Waals surface area contributed by atoms with Crippen LogP contribution in [0.25, 0.3) is 0 Å². The van der Waals surface area contributed by atoms with Gasteiger partial charge in [-0.2, -0.15) is 0 Å². The summed E-state index contributed by atoms with van der Waals surface area (Å²) in [6.45, 7) is 2.77. The lowest BCUT2D eigenvalue weighted by Gasteiger charge is -2.35. The summed E-state index contributed by atoms with van der Waals surface area (Å²) in [7, 11) is 1.52. The lowest BCUT2D eigenvalue weighted by Crippen LogP contribution is -2.43. The molecule has 1 aliphatic rings. The van der Waals surface area contributed by atoms with Crippen LogP contribution in [-0.2, 0) is 9.05 Å². The van der Waals surface area contributed by atoms with Crippen molar-refractivity contribution in [3.63, 3.8) is 0 Å². The number of hydrogen-bond acceptors (Lipinski definition) is 3. The Morgan fingerprint density at radius 2 is 2.14 bits per heavy atom. The zero-order valence-corrected chi connectivity index (χ0v) is 14.8. The van der Waals surface area contributed by atoms with Gasteiger partial charge in [-0.05, 0) is 59.8 Å². The number of carbonyl (C=O) groups excluding carboxylic acids is 1. The maximum Gasteiger partial charge on any atom is 0.261 e. The first-order chi connectivity index (χ1) is 9.84. The van der Waals surface area contributed by atoms with Crippen LogP contribution >= 0.6 is 26.6 Å². The SMILES string of the molecule is CCC1CCCCN1C(=O)c1cc(S(=O)(=O)Cl)ccc1Br. The number of piperidine rings is 1. The molecule has 7 heteroatoms. The third-order valence-electron chi connectivity index (χ3n) is 3.81. The van der Waals surface area contributed by atoms with Gasteiger partial charge in [0.2, 0.25) is 0 Å². The zero-order chi connectivity index (χ0) is 15.6. The van der Waals surface area contributed by atoms with Crippen LogP contribution in [0, 0.1) is 0 Å². The molecule has 1 aromatic carbocycles. The van der Waals surface area contributed by atoms with Crippen molar-refractivity contribution < 1.29 is 13.2 Å². The maximum absolute atomic E-state index is 12.7. The number of likely N-dealkylation sites (tertiary alicyclic amines) is 1. The molecular weight excluding hydrogens is 378 g/mol. The van der Waals surface area contributed by atoms with Crippen molar-refractivity contribution in [2.24, 2.45) is 0 Å². The van der Waals surface area contributed by atoms with Crippen molar-refractivity contribution in [3.8, 4) is 0 Å². The fourth-order valence-electron chi connectivity index (χ4n) is 2.67. The number of halogens is 2. The fourth-order valence-corrected chi connectivity index (χ4v) is 3.86. The van der Waals surface area contributed by atoms with Crippen LogP contribution in [0.2, 0.25) is 0 Å². The van der Waals surface area contributed by atoms with Gasteiger partial charge in [-0.25, -0.2) is 8.42 Å². The quantitative estimate of drug-likeness (QED) is 0.733. The third-order valence-corrected chi connectivity index (χ3v) is 5.85. The normalized spacial score (nSPS) is 19.6. The number of rotatable bonds is 3. The Labute approximate surface area is 138 Å². The highest BCUT2D eigenvalue weighted by Gasteiger charge is 2.28. The summed E-state index contributed by atoms with van der Waals surface area (Å²) in [5.41, 5.74) is 0.345. The molecule has 1 heterocycles. The first-order valence-electron chi connectivity index (χ1n) is 6.89. The van der Waals surface area contributed by atoms with Crippen LogP contribution in [0.1, 0.15) is 43.0 Å². The predicted molar refractivity (Wildman–Crippen MR) is 86.1 cm³/mol. The minimum Gasteiger partial charge on any atom is -0.336 e. The smallest absolute Gasteiger partial charge is 0.261 e. The molecule has 1 aromatic rings. The van der Waals surface area contributed by atoms with Crippen LogP contribution in [0.5, 0.6) is 0 Å². The van der Waals surface area contributed by atoms with Gasteiger partial charge in [0.15, 0.2) is 0 Å². The van der Waals surface area contributed by atoms with Gasteiger partial charge in [-0.1, -0.05) is 6.92 Å². The molecule has 1 saturated heterocycles. The fraction of sp³-hybridized carbons (Fsp3) is 0.500. The van der Waals surface area contributed by atoms with Crippen molar-refractivity contribution in [2.75, 3.05) is 6.54 Å². The highest BCUT2D eigenvalue weighted by molar-refractivity contribution is 9.10. The lowest BCUT2D eigenvalue weighted by atomic mass is 9.99. The third kappa shape index (κ3) is 3.79. The predicted octanol–water partition coefficient (Wildman–Crippen LogP) is 3.78. The van der Waals surface area contributed by atoms with Crippen LogP contribution in [-0.4, -0.2) is 31.8 Å². The molecule has 21 heavy (non-hydrogen) atoms. The molecule has 0 aliphatic carbocycles. The van der Waals surface area contributed by atoms with Crippen LogP contribution < -0.4 is 0 Å². The van der Waals surface area contributed by atoms with Gasteiger partial charge in [0.05, 0.1) is 10.5 Å². The van der Waals surface area contributed by atoms with E-state index in [1.54, 1.807) is 6.07 Å². The summed E-state index contributed by atoms with van der Waals surface area (Å²) in [6, 6.07) is 4.50. The Morgan fingerprint density at radius 3 is 2.76 bits per heavy atom. The number of carbonyl (C=O) groups is 1. The molecule has 0 bridgehead atoms. The molecule has 116 valence electrons. The molecule has 4 nitrogen and oxygen atoms in total. The Bertz CT molecular complexity index is 648. The Kier molecular flexibility index (Phi) is 5.33. The van der Waals surface area contributed by atoms with Crippen molar-refractivity contribution in [1.82, 2.24) is 4.90 Å². The van der Waals surface area contributed by atoms with E-state index in [4.69, 9.17) is 10.7 Å². The van der Waals surface area contributed by atoms with E-state index in [1.165, 1.54) is 12.1 Å². The molecule has 0 aromatic heterocycles.